The third kappa shape index (κ3) is 3.27. The van der Waals surface area contributed by atoms with Crippen LogP contribution in [0.3, 0.4) is 0 Å². The number of rotatable bonds is 2. The van der Waals surface area contributed by atoms with E-state index in [2.05, 4.69) is 4.40 Å². The second-order valence-electron chi connectivity index (χ2n) is 3.13. The van der Waals surface area contributed by atoms with Crippen molar-refractivity contribution < 1.29 is 17.9 Å². The Kier molecular flexibility index (Phi) is 3.50. The molecule has 17 heavy (non-hydrogen) atoms. The molecule has 0 N–H and O–H groups in total. The van der Waals surface area contributed by atoms with E-state index in [9.17, 15) is 8.42 Å². The van der Waals surface area contributed by atoms with Crippen molar-refractivity contribution >= 4 is 38.6 Å². The van der Waals surface area contributed by atoms with E-state index < -0.39 is 10.0 Å². The molecule has 0 atom stereocenters. The van der Waals surface area contributed by atoms with Gasteiger partial charge in [0.05, 0.1) is 7.11 Å². The minimum atomic E-state index is -3.38. The van der Waals surface area contributed by atoms with Crippen molar-refractivity contribution in [2.24, 2.45) is 4.40 Å². The Balaban J connectivity index is 2.22. The van der Waals surface area contributed by atoms with Gasteiger partial charge in [-0.05, 0) is 23.9 Å². The molecule has 0 bridgehead atoms. The molecule has 0 aromatic heterocycles. The summed E-state index contributed by atoms with van der Waals surface area (Å²) in [5, 5.41) is 0.431. The molecule has 92 valence electrons. The highest BCUT2D eigenvalue weighted by atomic mass is 35.5. The van der Waals surface area contributed by atoms with E-state index in [1.807, 2.05) is 0 Å². The summed E-state index contributed by atoms with van der Waals surface area (Å²) in [5.41, 5.74) is 0. The van der Waals surface area contributed by atoms with Gasteiger partial charge in [-0.2, -0.15) is 0 Å². The molecule has 2 rings (SSSR count). The number of hydrogen-bond acceptors (Lipinski definition) is 5. The van der Waals surface area contributed by atoms with Gasteiger partial charge in [0.2, 0.25) is 0 Å². The van der Waals surface area contributed by atoms with Gasteiger partial charge in [0, 0.05) is 11.1 Å². The summed E-state index contributed by atoms with van der Waals surface area (Å²) in [5.74, 6) is 0.914. The number of nitrogens with zero attached hydrogens (tertiary/aromatic N) is 1. The normalized spacial score (nSPS) is 17.6. The molecule has 8 heteroatoms. The average Bonchev–Trinajstić information content (AvgIpc) is 2.57. The first kappa shape index (κ1) is 12.5. The van der Waals surface area contributed by atoms with Crippen molar-refractivity contribution in [3.8, 4) is 11.5 Å². The Morgan fingerprint density at radius 1 is 1.35 bits per heavy atom. The fraction of sp³-hybridized carbons (Fsp3) is 0.222. The maximum absolute atomic E-state index is 11.1. The highest BCUT2D eigenvalue weighted by Crippen LogP contribution is 2.28. The van der Waals surface area contributed by atoms with Gasteiger partial charge >= 0.3 is 0 Å². The topological polar surface area (TPSA) is 65.0 Å². The number of thioether (sulfide) groups is 1. The van der Waals surface area contributed by atoms with Crippen LogP contribution in [0.25, 0.3) is 0 Å². The van der Waals surface area contributed by atoms with Crippen molar-refractivity contribution in [1.82, 2.24) is 0 Å². The second kappa shape index (κ2) is 4.75. The van der Waals surface area contributed by atoms with Gasteiger partial charge in [0.15, 0.2) is 0 Å². The number of hydrogen-bond donors (Lipinski definition) is 0. The molecule has 1 aromatic carbocycles. The number of benzene rings is 1. The number of sulfonamides is 1. The fourth-order valence-corrected chi connectivity index (χ4v) is 3.55. The maximum atomic E-state index is 11.1. The van der Waals surface area contributed by atoms with E-state index in [0.717, 1.165) is 11.8 Å². The van der Waals surface area contributed by atoms with Crippen LogP contribution in [0, 0.1) is 0 Å². The molecule has 0 fully saturated rings. The highest BCUT2D eigenvalue weighted by Gasteiger charge is 2.23. The third-order valence-electron chi connectivity index (χ3n) is 1.83. The van der Waals surface area contributed by atoms with Crippen molar-refractivity contribution in [3.63, 3.8) is 0 Å². The lowest BCUT2D eigenvalue weighted by Crippen LogP contribution is -2.00. The summed E-state index contributed by atoms with van der Waals surface area (Å²) in [6, 6.07) is 4.77. The monoisotopic (exact) mass is 293 g/mol. The van der Waals surface area contributed by atoms with Gasteiger partial charge in [-0.15, -0.1) is 4.40 Å². The number of ether oxygens (including phenoxy) is 2. The predicted molar refractivity (Wildman–Crippen MR) is 67.4 cm³/mol. The van der Waals surface area contributed by atoms with Crippen LogP contribution in [-0.2, 0) is 10.0 Å². The van der Waals surface area contributed by atoms with E-state index in [-0.39, 0.29) is 10.3 Å². The SMILES string of the molecule is COc1cc(Cl)cc(OC2=NS(=O)(=O)CS2)c1. The molecule has 1 heterocycles. The van der Waals surface area contributed by atoms with Gasteiger partial charge in [-0.25, -0.2) is 8.42 Å². The summed E-state index contributed by atoms with van der Waals surface area (Å²) in [4.78, 5) is 0. The molecule has 5 nitrogen and oxygen atoms in total. The first-order chi connectivity index (χ1) is 7.98. The van der Waals surface area contributed by atoms with Crippen LogP contribution in [-0.4, -0.2) is 25.8 Å². The van der Waals surface area contributed by atoms with E-state index in [1.165, 1.54) is 7.11 Å². The Bertz CT molecular complexity index is 570. The van der Waals surface area contributed by atoms with Crippen LogP contribution in [0.15, 0.2) is 22.6 Å². The molecule has 0 saturated heterocycles. The van der Waals surface area contributed by atoms with Gasteiger partial charge in [0.25, 0.3) is 15.3 Å². The van der Waals surface area contributed by atoms with Crippen LogP contribution < -0.4 is 9.47 Å². The number of methoxy groups -OCH3 is 1. The molecule has 1 aliphatic heterocycles. The minimum absolute atomic E-state index is 0.0920. The Hall–Kier alpha value is -0.920. The molecule has 0 aliphatic carbocycles. The van der Waals surface area contributed by atoms with Gasteiger partial charge in [-0.1, -0.05) is 11.6 Å². The minimum Gasteiger partial charge on any atom is -0.497 e. The molecular weight excluding hydrogens is 286 g/mol. The van der Waals surface area contributed by atoms with Gasteiger partial charge in [0.1, 0.15) is 16.6 Å². The van der Waals surface area contributed by atoms with E-state index >= 15 is 0 Å². The fourth-order valence-electron chi connectivity index (χ4n) is 1.15. The van der Waals surface area contributed by atoms with Crippen molar-refractivity contribution in [1.29, 1.82) is 0 Å². The third-order valence-corrected chi connectivity index (χ3v) is 4.69. The zero-order valence-corrected chi connectivity index (χ0v) is 11.1. The largest absolute Gasteiger partial charge is 0.497 e. The summed E-state index contributed by atoms with van der Waals surface area (Å²) in [7, 11) is -1.88. The van der Waals surface area contributed by atoms with Crippen molar-refractivity contribution in [2.45, 2.75) is 0 Å². The van der Waals surface area contributed by atoms with Crippen LogP contribution in [0.4, 0.5) is 0 Å². The lowest BCUT2D eigenvalue weighted by atomic mass is 10.3. The molecule has 0 saturated carbocycles. The van der Waals surface area contributed by atoms with Crippen LogP contribution >= 0.6 is 23.4 Å². The van der Waals surface area contributed by atoms with E-state index in [0.29, 0.717) is 16.5 Å². The van der Waals surface area contributed by atoms with Crippen LogP contribution in [0.1, 0.15) is 0 Å². The second-order valence-corrected chi connectivity index (χ2v) is 6.49. The van der Waals surface area contributed by atoms with Gasteiger partial charge < -0.3 is 9.47 Å². The zero-order valence-electron chi connectivity index (χ0n) is 8.71. The van der Waals surface area contributed by atoms with Gasteiger partial charge in [-0.3, -0.25) is 0 Å². The lowest BCUT2D eigenvalue weighted by molar-refractivity contribution is 0.412. The van der Waals surface area contributed by atoms with Crippen molar-refractivity contribution in [3.05, 3.63) is 23.2 Å². The molecule has 0 spiro atoms. The average molecular weight is 294 g/mol. The van der Waals surface area contributed by atoms with Crippen LogP contribution in [0.2, 0.25) is 5.02 Å². The zero-order chi connectivity index (χ0) is 12.5. The summed E-state index contributed by atoms with van der Waals surface area (Å²) < 4.78 is 35.9. The van der Waals surface area contributed by atoms with E-state index in [4.69, 9.17) is 21.1 Å². The maximum Gasteiger partial charge on any atom is 0.268 e. The molecule has 0 amide bonds. The van der Waals surface area contributed by atoms with Crippen LogP contribution in [0.5, 0.6) is 11.5 Å². The first-order valence-electron chi connectivity index (χ1n) is 4.46. The Morgan fingerprint density at radius 2 is 2.06 bits per heavy atom. The highest BCUT2D eigenvalue weighted by molar-refractivity contribution is 8.24. The molecule has 0 unspecified atom stereocenters. The Labute approximate surface area is 108 Å². The molecule has 1 aliphatic rings. The lowest BCUT2D eigenvalue weighted by Gasteiger charge is -2.06. The molecule has 0 radical (unpaired) electrons. The van der Waals surface area contributed by atoms with Crippen molar-refractivity contribution in [2.75, 3.05) is 12.2 Å². The first-order valence-corrected chi connectivity index (χ1v) is 7.44. The smallest absolute Gasteiger partial charge is 0.268 e. The Morgan fingerprint density at radius 3 is 2.65 bits per heavy atom. The summed E-state index contributed by atoms with van der Waals surface area (Å²) in [6.45, 7) is 0. The van der Waals surface area contributed by atoms with E-state index in [1.54, 1.807) is 18.2 Å². The molecular formula is C9H8ClNO4S2. The quantitative estimate of drug-likeness (QED) is 0.835. The standard InChI is InChI=1S/C9H8ClNO4S2/c1-14-7-2-6(10)3-8(4-7)15-9-11-17(12,13)5-16-9/h2-4H,5H2,1H3. The number of halogens is 1. The summed E-state index contributed by atoms with van der Waals surface area (Å²) >= 11 is 6.86. The molecule has 1 aromatic rings. The predicted octanol–water partition coefficient (Wildman–Crippen LogP) is 2.12. The summed E-state index contributed by atoms with van der Waals surface area (Å²) in [6.07, 6.45) is 0.